The molecule has 0 radical (unpaired) electrons. The molecule has 2 heterocycles. The Bertz CT molecular complexity index is 1940. The molecule has 1 aliphatic rings. The number of hydrogen-bond acceptors (Lipinski definition) is 8. The number of carbonyl (C=O) groups is 2. The summed E-state index contributed by atoms with van der Waals surface area (Å²) >= 11 is 0. The minimum Gasteiger partial charge on any atom is -0.449 e. The first-order chi connectivity index (χ1) is 23.1. The molecule has 254 valence electrons. The van der Waals surface area contributed by atoms with Crippen LogP contribution in [0.2, 0.25) is 0 Å². The van der Waals surface area contributed by atoms with Crippen molar-refractivity contribution in [3.63, 3.8) is 0 Å². The van der Waals surface area contributed by atoms with E-state index >= 15 is 0 Å². The number of aromatic nitrogens is 2. The quantitative estimate of drug-likeness (QED) is 0.215. The number of nitrogens with one attached hydrogen (secondary N) is 2. The van der Waals surface area contributed by atoms with Gasteiger partial charge in [0.2, 0.25) is 0 Å². The maximum absolute atomic E-state index is 13.9. The number of nitrogens with zero attached hydrogens (tertiary/aromatic N) is 3. The zero-order chi connectivity index (χ0) is 34.3. The van der Waals surface area contributed by atoms with E-state index < -0.39 is 16.1 Å². The Labute approximate surface area is 280 Å². The van der Waals surface area contributed by atoms with Crippen molar-refractivity contribution in [2.24, 2.45) is 5.92 Å². The summed E-state index contributed by atoms with van der Waals surface area (Å²) in [4.78, 5) is 45.3. The average molecular weight is 676 g/mol. The lowest BCUT2D eigenvalue weighted by Crippen LogP contribution is -2.43. The third kappa shape index (κ3) is 8.39. The molecule has 5 rings (SSSR count). The van der Waals surface area contributed by atoms with Gasteiger partial charge < -0.3 is 19.7 Å². The highest BCUT2D eigenvalue weighted by atomic mass is 32.2. The zero-order valence-corrected chi connectivity index (χ0v) is 28.2. The number of urea groups is 1. The van der Waals surface area contributed by atoms with Gasteiger partial charge in [0, 0.05) is 30.8 Å². The second-order valence-electron chi connectivity index (χ2n) is 12.0. The molecule has 1 saturated heterocycles. The van der Waals surface area contributed by atoms with Gasteiger partial charge in [-0.15, -0.1) is 0 Å². The van der Waals surface area contributed by atoms with Crippen LogP contribution >= 0.6 is 0 Å². The first-order valence-electron chi connectivity index (χ1n) is 16.1. The number of morpholine rings is 1. The molecule has 3 amide bonds. The third-order valence-corrected chi connectivity index (χ3v) is 9.36. The maximum atomic E-state index is 13.9. The summed E-state index contributed by atoms with van der Waals surface area (Å²) in [6, 6.07) is 18.5. The molecular weight excluding hydrogens is 634 g/mol. The van der Waals surface area contributed by atoms with Crippen molar-refractivity contribution >= 4 is 38.7 Å². The molecule has 0 spiro atoms. The SMILES string of the molecule is CCCc1nc2ccc(NC(=O)N3CCOCC3)cc2c(=O)n1Cc1ccc(-c2ccccc2S(=O)(=O)NC(=O)OCCC(C)C)cc1. The summed E-state index contributed by atoms with van der Waals surface area (Å²) in [6.07, 6.45) is 0.975. The van der Waals surface area contributed by atoms with Crippen molar-refractivity contribution in [2.45, 2.75) is 51.5 Å². The summed E-state index contributed by atoms with van der Waals surface area (Å²) in [5.41, 5.74) is 2.67. The van der Waals surface area contributed by atoms with E-state index in [4.69, 9.17) is 14.5 Å². The number of ether oxygens (including phenoxy) is 2. The van der Waals surface area contributed by atoms with E-state index in [1.54, 1.807) is 58.0 Å². The molecule has 0 atom stereocenters. The summed E-state index contributed by atoms with van der Waals surface area (Å²) in [6.45, 7) is 8.30. The van der Waals surface area contributed by atoms with Gasteiger partial charge >= 0.3 is 12.1 Å². The van der Waals surface area contributed by atoms with Crippen molar-refractivity contribution in [1.82, 2.24) is 19.2 Å². The second kappa shape index (κ2) is 15.4. The van der Waals surface area contributed by atoms with Gasteiger partial charge in [-0.05, 0) is 54.2 Å². The van der Waals surface area contributed by atoms with Crippen molar-refractivity contribution in [3.05, 3.63) is 88.5 Å². The Balaban J connectivity index is 1.38. The van der Waals surface area contributed by atoms with Crippen LogP contribution < -0.4 is 15.6 Å². The fraction of sp³-hybridized carbons (Fsp3) is 0.371. The van der Waals surface area contributed by atoms with E-state index in [1.807, 2.05) is 37.6 Å². The van der Waals surface area contributed by atoms with Crippen LogP contribution in [0.15, 0.2) is 76.4 Å². The molecule has 0 saturated carbocycles. The number of rotatable bonds is 11. The van der Waals surface area contributed by atoms with Gasteiger partial charge in [0.15, 0.2) is 0 Å². The summed E-state index contributed by atoms with van der Waals surface area (Å²) in [7, 11) is -4.22. The smallest absolute Gasteiger partial charge is 0.421 e. The molecule has 1 aromatic heterocycles. The number of sulfonamides is 1. The van der Waals surface area contributed by atoms with Crippen molar-refractivity contribution in [2.75, 3.05) is 38.2 Å². The Kier molecular flexibility index (Phi) is 11.1. The van der Waals surface area contributed by atoms with Crippen LogP contribution in [0, 0.1) is 5.92 Å². The predicted molar refractivity (Wildman–Crippen MR) is 184 cm³/mol. The van der Waals surface area contributed by atoms with Crippen molar-refractivity contribution < 1.29 is 27.5 Å². The van der Waals surface area contributed by atoms with Gasteiger partial charge in [-0.2, -0.15) is 0 Å². The molecule has 0 bridgehead atoms. The number of fused-ring (bicyclic) bond motifs is 1. The van der Waals surface area contributed by atoms with Gasteiger partial charge in [-0.3, -0.25) is 9.36 Å². The lowest BCUT2D eigenvalue weighted by atomic mass is 10.0. The highest BCUT2D eigenvalue weighted by Gasteiger charge is 2.23. The molecule has 0 aliphatic carbocycles. The van der Waals surface area contributed by atoms with Crippen LogP contribution in [-0.2, 0) is 32.5 Å². The zero-order valence-electron chi connectivity index (χ0n) is 27.4. The normalized spacial score (nSPS) is 13.5. The Morgan fingerprint density at radius 2 is 1.75 bits per heavy atom. The van der Waals surface area contributed by atoms with E-state index in [2.05, 4.69) is 5.32 Å². The van der Waals surface area contributed by atoms with Gasteiger partial charge in [-0.25, -0.2) is 27.7 Å². The molecule has 3 aromatic carbocycles. The Hall–Kier alpha value is -4.75. The van der Waals surface area contributed by atoms with E-state index in [-0.39, 0.29) is 29.6 Å². The van der Waals surface area contributed by atoms with Crippen LogP contribution in [0.1, 0.15) is 45.0 Å². The molecular formula is C35H41N5O7S. The maximum Gasteiger partial charge on any atom is 0.421 e. The third-order valence-electron chi connectivity index (χ3n) is 7.98. The van der Waals surface area contributed by atoms with Gasteiger partial charge in [-0.1, -0.05) is 63.2 Å². The number of anilines is 1. The van der Waals surface area contributed by atoms with E-state index in [9.17, 15) is 22.8 Å². The number of aryl methyl sites for hydroxylation is 1. The van der Waals surface area contributed by atoms with Crippen molar-refractivity contribution in [3.8, 4) is 11.1 Å². The molecule has 1 fully saturated rings. The molecule has 13 heteroatoms. The predicted octanol–water partition coefficient (Wildman–Crippen LogP) is 5.39. The molecule has 4 aromatic rings. The number of hydrogen-bond donors (Lipinski definition) is 2. The summed E-state index contributed by atoms with van der Waals surface area (Å²) in [5, 5.41) is 3.27. The summed E-state index contributed by atoms with van der Waals surface area (Å²) < 4.78 is 40.3. The van der Waals surface area contributed by atoms with E-state index in [0.29, 0.717) is 78.6 Å². The van der Waals surface area contributed by atoms with Gasteiger partial charge in [0.25, 0.3) is 15.6 Å². The van der Waals surface area contributed by atoms with Crippen molar-refractivity contribution in [1.29, 1.82) is 0 Å². The summed E-state index contributed by atoms with van der Waals surface area (Å²) in [5.74, 6) is 0.951. The largest absolute Gasteiger partial charge is 0.449 e. The number of amides is 3. The number of benzene rings is 3. The van der Waals surface area contributed by atoms with Crippen LogP contribution in [0.25, 0.3) is 22.0 Å². The topological polar surface area (TPSA) is 149 Å². The lowest BCUT2D eigenvalue weighted by Gasteiger charge is -2.27. The molecule has 48 heavy (non-hydrogen) atoms. The second-order valence-corrected chi connectivity index (χ2v) is 13.7. The van der Waals surface area contributed by atoms with Crippen LogP contribution in [0.5, 0.6) is 0 Å². The highest BCUT2D eigenvalue weighted by molar-refractivity contribution is 7.90. The van der Waals surface area contributed by atoms with Gasteiger partial charge in [0.05, 0.1) is 42.2 Å². The molecule has 0 unspecified atom stereocenters. The lowest BCUT2D eigenvalue weighted by molar-refractivity contribution is 0.0564. The van der Waals surface area contributed by atoms with Gasteiger partial charge in [0.1, 0.15) is 5.82 Å². The molecule has 12 nitrogen and oxygen atoms in total. The molecule has 2 N–H and O–H groups in total. The number of carbonyl (C=O) groups excluding carboxylic acids is 2. The Morgan fingerprint density at radius 3 is 2.46 bits per heavy atom. The van der Waals surface area contributed by atoms with E-state index in [1.165, 1.54) is 6.07 Å². The van der Waals surface area contributed by atoms with E-state index in [0.717, 1.165) is 12.0 Å². The Morgan fingerprint density at radius 1 is 1.02 bits per heavy atom. The monoisotopic (exact) mass is 675 g/mol. The minimum atomic E-state index is -4.22. The van der Waals surface area contributed by atoms with Crippen LogP contribution in [0.4, 0.5) is 15.3 Å². The highest BCUT2D eigenvalue weighted by Crippen LogP contribution is 2.28. The van der Waals surface area contributed by atoms with Crippen LogP contribution in [0.3, 0.4) is 0 Å². The fourth-order valence-electron chi connectivity index (χ4n) is 5.38. The average Bonchev–Trinajstić information content (AvgIpc) is 3.07. The standard InChI is InChI=1S/C35H41N5O7S/c1-4-7-32-37-30-15-14-27(36-34(42)39-17-20-46-21-18-39)22-29(30)33(41)40(32)23-25-10-12-26(13-11-25)28-8-5-6-9-31(28)48(44,45)38-35(43)47-19-16-24(2)3/h5-6,8-15,22,24H,4,7,16-21,23H2,1-3H3,(H,36,42)(H,38,43). The first-order valence-corrected chi connectivity index (χ1v) is 17.6. The van der Waals surface area contributed by atoms with Crippen LogP contribution in [-0.4, -0.2) is 67.9 Å². The molecule has 1 aliphatic heterocycles. The fourth-order valence-corrected chi connectivity index (χ4v) is 6.51. The minimum absolute atomic E-state index is 0.0599. The first kappa shape index (κ1) is 34.6.